The first-order valence-corrected chi connectivity index (χ1v) is 9.71. The molecular formula is C20H22N8O5. The van der Waals surface area contributed by atoms with Gasteiger partial charge in [0.05, 0.1) is 17.4 Å². The molecule has 1 amide bonds. The summed E-state index contributed by atoms with van der Waals surface area (Å²) in [5.74, 6) is -2.98. The van der Waals surface area contributed by atoms with E-state index in [4.69, 9.17) is 27.0 Å². The lowest BCUT2D eigenvalue weighted by molar-refractivity contribution is -0.165. The second-order valence-electron chi connectivity index (χ2n) is 7.21. The molecule has 3 rings (SSSR count). The number of rotatable bonds is 7. The van der Waals surface area contributed by atoms with Crippen molar-refractivity contribution in [1.29, 1.82) is 0 Å². The topological polar surface area (TPSA) is 222 Å². The van der Waals surface area contributed by atoms with Gasteiger partial charge in [-0.05, 0) is 24.6 Å². The number of anilines is 2. The monoisotopic (exact) mass is 454 g/mol. The van der Waals surface area contributed by atoms with Gasteiger partial charge in [0, 0.05) is 12.0 Å². The summed E-state index contributed by atoms with van der Waals surface area (Å²) >= 11 is 0. The van der Waals surface area contributed by atoms with Crippen molar-refractivity contribution in [3.8, 4) is 0 Å². The Balaban J connectivity index is 1.83. The maximum atomic E-state index is 12.4. The number of carbonyl (C=O) groups excluding carboxylic acids is 2. The van der Waals surface area contributed by atoms with E-state index in [1.165, 1.54) is 25.3 Å². The fourth-order valence-corrected chi connectivity index (χ4v) is 2.87. The van der Waals surface area contributed by atoms with E-state index in [2.05, 4.69) is 25.3 Å². The number of nitrogens with one attached hydrogen (secondary N) is 1. The zero-order valence-corrected chi connectivity index (χ0v) is 17.8. The van der Waals surface area contributed by atoms with Crippen LogP contribution < -0.4 is 22.5 Å². The number of nitrogens with two attached hydrogens (primary N) is 3. The first-order chi connectivity index (χ1) is 15.5. The second-order valence-corrected chi connectivity index (χ2v) is 7.21. The van der Waals surface area contributed by atoms with Crippen LogP contribution in [0.15, 0.2) is 30.5 Å². The van der Waals surface area contributed by atoms with Gasteiger partial charge in [0.15, 0.2) is 17.0 Å². The molecule has 8 N–H and O–H groups in total. The number of fused-ring (bicyclic) bond motifs is 1. The fourth-order valence-electron chi connectivity index (χ4n) is 2.87. The molecule has 0 aliphatic rings. The number of amides is 1. The molecule has 172 valence electrons. The summed E-state index contributed by atoms with van der Waals surface area (Å²) in [6, 6.07) is 6.06. The molecule has 0 spiro atoms. The third-order valence-electron chi connectivity index (χ3n) is 4.75. The highest BCUT2D eigenvalue weighted by atomic mass is 16.6. The molecule has 2 unspecified atom stereocenters. The number of carbonyl (C=O) groups is 3. The minimum absolute atomic E-state index is 0.0268. The average Bonchev–Trinajstić information content (AvgIpc) is 2.78. The van der Waals surface area contributed by atoms with E-state index in [0.717, 1.165) is 0 Å². The highest BCUT2D eigenvalue weighted by molar-refractivity contribution is 5.96. The van der Waals surface area contributed by atoms with Gasteiger partial charge in [-0.25, -0.2) is 14.8 Å². The lowest BCUT2D eigenvalue weighted by Crippen LogP contribution is -2.44. The number of benzene rings is 1. The number of carboxylic acids is 1. The first-order valence-electron chi connectivity index (χ1n) is 9.71. The van der Waals surface area contributed by atoms with Crippen molar-refractivity contribution >= 4 is 40.8 Å². The van der Waals surface area contributed by atoms with Crippen LogP contribution in [0.1, 0.15) is 41.9 Å². The van der Waals surface area contributed by atoms with Crippen molar-refractivity contribution < 1.29 is 24.2 Å². The van der Waals surface area contributed by atoms with Gasteiger partial charge in [0.1, 0.15) is 0 Å². The highest BCUT2D eigenvalue weighted by Gasteiger charge is 2.28. The SMILES string of the molecule is CCC(=O)OC(NC(=O)c1ccc(C(C)(N)c2cnc3nc(N)nc(N)c3n2)cc1)C(=O)O. The van der Waals surface area contributed by atoms with E-state index in [-0.39, 0.29) is 34.9 Å². The number of hydrogen-bond acceptors (Lipinski definition) is 11. The number of nitrogens with zero attached hydrogens (tertiary/aromatic N) is 4. The molecule has 0 saturated carbocycles. The van der Waals surface area contributed by atoms with Crippen molar-refractivity contribution in [2.75, 3.05) is 11.5 Å². The van der Waals surface area contributed by atoms with Gasteiger partial charge in [-0.1, -0.05) is 19.1 Å². The average molecular weight is 454 g/mol. The van der Waals surface area contributed by atoms with Crippen LogP contribution in [0.2, 0.25) is 0 Å². The summed E-state index contributed by atoms with van der Waals surface area (Å²) in [4.78, 5) is 51.5. The van der Waals surface area contributed by atoms with E-state index in [9.17, 15) is 14.4 Å². The van der Waals surface area contributed by atoms with Crippen molar-refractivity contribution in [1.82, 2.24) is 25.3 Å². The summed E-state index contributed by atoms with van der Waals surface area (Å²) in [7, 11) is 0. The van der Waals surface area contributed by atoms with Crippen molar-refractivity contribution in [3.05, 3.63) is 47.3 Å². The summed E-state index contributed by atoms with van der Waals surface area (Å²) in [6.07, 6.45) is -0.403. The molecule has 0 radical (unpaired) electrons. The van der Waals surface area contributed by atoms with Gasteiger partial charge in [-0.3, -0.25) is 9.59 Å². The summed E-state index contributed by atoms with van der Waals surface area (Å²) < 4.78 is 4.71. The van der Waals surface area contributed by atoms with E-state index < -0.39 is 29.6 Å². The van der Waals surface area contributed by atoms with E-state index >= 15 is 0 Å². The Bertz CT molecular complexity index is 1230. The molecule has 2 heterocycles. The predicted octanol–water partition coefficient (Wildman–Crippen LogP) is -0.0999. The summed E-state index contributed by atoms with van der Waals surface area (Å²) in [5, 5.41) is 11.3. The Morgan fingerprint density at radius 3 is 2.42 bits per heavy atom. The van der Waals surface area contributed by atoms with Gasteiger partial charge in [-0.15, -0.1) is 0 Å². The zero-order valence-electron chi connectivity index (χ0n) is 17.8. The van der Waals surface area contributed by atoms with Crippen LogP contribution in [-0.2, 0) is 19.9 Å². The van der Waals surface area contributed by atoms with E-state index in [1.54, 1.807) is 19.1 Å². The summed E-state index contributed by atoms with van der Waals surface area (Å²) in [5.41, 5.74) is 18.4. The van der Waals surface area contributed by atoms with Gasteiger partial charge in [0.25, 0.3) is 12.1 Å². The smallest absolute Gasteiger partial charge is 0.366 e. The van der Waals surface area contributed by atoms with Crippen LogP contribution in [0, 0.1) is 0 Å². The Hall–Kier alpha value is -4.39. The van der Waals surface area contributed by atoms with E-state index in [0.29, 0.717) is 11.3 Å². The van der Waals surface area contributed by atoms with Crippen molar-refractivity contribution in [2.24, 2.45) is 5.73 Å². The molecule has 3 aromatic rings. The van der Waals surface area contributed by atoms with Crippen LogP contribution >= 0.6 is 0 Å². The van der Waals surface area contributed by atoms with E-state index in [1.807, 2.05) is 0 Å². The molecule has 33 heavy (non-hydrogen) atoms. The fraction of sp³-hybridized carbons (Fsp3) is 0.250. The van der Waals surface area contributed by atoms with Crippen LogP contribution in [-0.4, -0.2) is 49.1 Å². The molecule has 0 fully saturated rings. The third kappa shape index (κ3) is 4.93. The molecule has 0 aliphatic carbocycles. The molecule has 0 bridgehead atoms. The Morgan fingerprint density at radius 2 is 1.82 bits per heavy atom. The maximum Gasteiger partial charge on any atom is 0.366 e. The summed E-state index contributed by atoms with van der Waals surface area (Å²) in [6.45, 7) is 3.19. The molecule has 1 aromatic carbocycles. The van der Waals surface area contributed by atoms with Gasteiger partial charge in [-0.2, -0.15) is 9.97 Å². The Morgan fingerprint density at radius 1 is 1.15 bits per heavy atom. The molecule has 13 nitrogen and oxygen atoms in total. The lowest BCUT2D eigenvalue weighted by Gasteiger charge is -2.25. The quantitative estimate of drug-likeness (QED) is 0.233. The van der Waals surface area contributed by atoms with Crippen LogP contribution in [0.25, 0.3) is 11.2 Å². The minimum Gasteiger partial charge on any atom is -0.477 e. The largest absolute Gasteiger partial charge is 0.477 e. The van der Waals surface area contributed by atoms with Crippen LogP contribution in [0.4, 0.5) is 11.8 Å². The highest BCUT2D eigenvalue weighted by Crippen LogP contribution is 2.27. The molecule has 2 aromatic heterocycles. The van der Waals surface area contributed by atoms with Crippen molar-refractivity contribution in [3.63, 3.8) is 0 Å². The molecule has 0 aliphatic heterocycles. The molecule has 2 atom stereocenters. The number of hydrogen-bond donors (Lipinski definition) is 5. The zero-order chi connectivity index (χ0) is 24.3. The molecular weight excluding hydrogens is 432 g/mol. The number of carboxylic acid groups (broad SMARTS) is 1. The standard InChI is InChI=1S/C20H22N8O5/c1-3-12(29)33-17(18(31)32)28-16(30)9-4-6-10(7-5-9)20(2,23)11-8-24-15-13(25-11)14(21)26-19(22)27-15/h4-8,17H,3,23H2,1-2H3,(H,28,30)(H,31,32)(H4,21,22,24,26,27). The van der Waals surface area contributed by atoms with Crippen molar-refractivity contribution in [2.45, 2.75) is 32.0 Å². The number of esters is 1. The lowest BCUT2D eigenvalue weighted by atomic mass is 9.89. The predicted molar refractivity (Wildman–Crippen MR) is 116 cm³/mol. The maximum absolute atomic E-state index is 12.4. The minimum atomic E-state index is -1.81. The normalized spacial score (nSPS) is 13.7. The second kappa shape index (κ2) is 9.00. The van der Waals surface area contributed by atoms with Crippen LogP contribution in [0.5, 0.6) is 0 Å². The third-order valence-corrected chi connectivity index (χ3v) is 4.75. The number of nitrogen functional groups attached to an aromatic ring is 2. The number of ether oxygens (including phenoxy) is 1. The number of aliphatic carboxylic acids is 1. The van der Waals surface area contributed by atoms with Crippen LogP contribution in [0.3, 0.4) is 0 Å². The van der Waals surface area contributed by atoms with Gasteiger partial charge in [0.2, 0.25) is 5.95 Å². The van der Waals surface area contributed by atoms with Gasteiger partial charge < -0.3 is 32.4 Å². The molecule has 0 saturated heterocycles. The molecule has 13 heteroatoms. The number of aromatic nitrogens is 4. The Labute approximate surface area is 187 Å². The Kier molecular flexibility index (Phi) is 6.35. The van der Waals surface area contributed by atoms with Gasteiger partial charge >= 0.3 is 11.9 Å². The first kappa shape index (κ1) is 23.3.